The molecule has 24 heavy (non-hydrogen) atoms. The van der Waals surface area contributed by atoms with Crippen molar-refractivity contribution in [1.82, 2.24) is 4.90 Å². The van der Waals surface area contributed by atoms with Crippen LogP contribution in [0.15, 0.2) is 35.7 Å². The summed E-state index contributed by atoms with van der Waals surface area (Å²) in [6, 6.07) is 9.37. The van der Waals surface area contributed by atoms with Crippen LogP contribution < -0.4 is 15.2 Å². The Balaban J connectivity index is 1.57. The number of ether oxygens (including phenoxy) is 2. The molecule has 1 aromatic heterocycles. The van der Waals surface area contributed by atoms with Gasteiger partial charge in [-0.05, 0) is 36.4 Å². The smallest absolute Gasteiger partial charge is 0.266 e. The summed E-state index contributed by atoms with van der Waals surface area (Å²) in [6.45, 7) is 2.09. The zero-order valence-corrected chi connectivity index (χ0v) is 14.6. The van der Waals surface area contributed by atoms with Gasteiger partial charge in [0.25, 0.3) is 5.91 Å². The molecular formula is C18H22N2O3S. The zero-order chi connectivity index (χ0) is 16.9. The number of thiophene rings is 1. The number of carbonyl (C=O) groups is 1. The predicted octanol–water partition coefficient (Wildman–Crippen LogP) is 3.27. The maximum atomic E-state index is 12.6. The van der Waals surface area contributed by atoms with Gasteiger partial charge in [0.1, 0.15) is 16.4 Å². The van der Waals surface area contributed by atoms with Crippen LogP contribution in [0.1, 0.15) is 22.5 Å². The number of carbonyl (C=O) groups excluding carboxylic acids is 1. The molecular weight excluding hydrogens is 324 g/mol. The van der Waals surface area contributed by atoms with Crippen molar-refractivity contribution >= 4 is 22.9 Å². The van der Waals surface area contributed by atoms with E-state index in [1.807, 2.05) is 34.5 Å². The minimum absolute atomic E-state index is 0.0357. The van der Waals surface area contributed by atoms with Gasteiger partial charge in [0.15, 0.2) is 0 Å². The third-order valence-corrected chi connectivity index (χ3v) is 5.14. The first-order chi connectivity index (χ1) is 11.7. The fourth-order valence-corrected chi connectivity index (χ4v) is 3.71. The summed E-state index contributed by atoms with van der Waals surface area (Å²) in [5.74, 6) is 1.94. The van der Waals surface area contributed by atoms with Gasteiger partial charge in [-0.3, -0.25) is 4.79 Å². The quantitative estimate of drug-likeness (QED) is 0.902. The maximum absolute atomic E-state index is 12.6. The van der Waals surface area contributed by atoms with Gasteiger partial charge < -0.3 is 20.1 Å². The van der Waals surface area contributed by atoms with Crippen molar-refractivity contribution in [2.24, 2.45) is 5.92 Å². The number of likely N-dealkylation sites (tertiary alicyclic amines) is 1. The third-order valence-electron chi connectivity index (χ3n) is 4.22. The van der Waals surface area contributed by atoms with Crippen molar-refractivity contribution in [2.45, 2.75) is 12.8 Å². The number of rotatable bonds is 5. The molecule has 2 N–H and O–H groups in total. The Morgan fingerprint density at radius 3 is 2.96 bits per heavy atom. The second kappa shape index (κ2) is 7.57. The van der Waals surface area contributed by atoms with Gasteiger partial charge in [0.2, 0.25) is 0 Å². The van der Waals surface area contributed by atoms with Crippen molar-refractivity contribution in [3.63, 3.8) is 0 Å². The molecule has 0 spiro atoms. The fourth-order valence-electron chi connectivity index (χ4n) is 2.93. The van der Waals surface area contributed by atoms with E-state index in [2.05, 4.69) is 0 Å². The average molecular weight is 346 g/mol. The van der Waals surface area contributed by atoms with Crippen LogP contribution in [-0.4, -0.2) is 37.6 Å². The molecule has 6 heteroatoms. The number of nitrogens with zero attached hydrogens (tertiary/aromatic N) is 1. The normalized spacial score (nSPS) is 17.5. The maximum Gasteiger partial charge on any atom is 0.266 e. The second-order valence-electron chi connectivity index (χ2n) is 5.95. The summed E-state index contributed by atoms with van der Waals surface area (Å²) < 4.78 is 11.1. The third kappa shape index (κ3) is 3.82. The Hall–Kier alpha value is -2.21. The highest BCUT2D eigenvalue weighted by Crippen LogP contribution is 2.25. The van der Waals surface area contributed by atoms with Crippen molar-refractivity contribution < 1.29 is 14.3 Å². The average Bonchev–Trinajstić information content (AvgIpc) is 3.05. The van der Waals surface area contributed by atoms with Crippen molar-refractivity contribution in [3.8, 4) is 11.5 Å². The first kappa shape index (κ1) is 16.6. The molecule has 0 unspecified atom stereocenters. The van der Waals surface area contributed by atoms with Crippen LogP contribution in [0.4, 0.5) is 5.69 Å². The summed E-state index contributed by atoms with van der Waals surface area (Å²) in [7, 11) is 1.64. The number of piperidine rings is 1. The number of methoxy groups -OCH3 is 1. The number of anilines is 1. The highest BCUT2D eigenvalue weighted by molar-refractivity contribution is 7.12. The van der Waals surface area contributed by atoms with Gasteiger partial charge in [0, 0.05) is 25.1 Å². The standard InChI is InChI=1S/C18H22N2O3S/c1-22-14-5-2-6-15(10-14)23-12-13-4-3-8-20(11-13)18(21)17-16(19)7-9-24-17/h2,5-7,9-10,13H,3-4,8,11-12,19H2,1H3/t13-/m1/s1. The number of hydrogen-bond donors (Lipinski definition) is 1. The minimum Gasteiger partial charge on any atom is -0.497 e. The summed E-state index contributed by atoms with van der Waals surface area (Å²) in [6.07, 6.45) is 2.05. The number of nitrogen functional groups attached to an aromatic ring is 1. The highest BCUT2D eigenvalue weighted by atomic mass is 32.1. The van der Waals surface area contributed by atoms with E-state index < -0.39 is 0 Å². The predicted molar refractivity (Wildman–Crippen MR) is 95.8 cm³/mol. The van der Waals surface area contributed by atoms with E-state index in [1.165, 1.54) is 11.3 Å². The molecule has 1 amide bonds. The number of benzene rings is 1. The molecule has 1 aliphatic rings. The lowest BCUT2D eigenvalue weighted by Gasteiger charge is -2.32. The van der Waals surface area contributed by atoms with Crippen LogP contribution >= 0.6 is 11.3 Å². The van der Waals surface area contributed by atoms with Crippen LogP contribution in [0, 0.1) is 5.92 Å². The SMILES string of the molecule is COc1cccc(OC[C@@H]2CCCN(C(=O)c3sccc3N)C2)c1. The molecule has 1 aliphatic heterocycles. The van der Waals surface area contributed by atoms with Crippen molar-refractivity contribution in [2.75, 3.05) is 32.5 Å². The van der Waals surface area contributed by atoms with E-state index in [9.17, 15) is 4.79 Å². The summed E-state index contributed by atoms with van der Waals surface area (Å²) in [5.41, 5.74) is 6.44. The van der Waals surface area contributed by atoms with Crippen LogP contribution in [0.5, 0.6) is 11.5 Å². The number of nitrogens with two attached hydrogens (primary N) is 1. The Labute approximate surface area is 146 Å². The second-order valence-corrected chi connectivity index (χ2v) is 6.87. The molecule has 0 saturated carbocycles. The lowest BCUT2D eigenvalue weighted by molar-refractivity contribution is 0.0639. The van der Waals surface area contributed by atoms with Gasteiger partial charge in [0.05, 0.1) is 19.4 Å². The Bertz CT molecular complexity index is 701. The van der Waals surface area contributed by atoms with Gasteiger partial charge in [-0.1, -0.05) is 6.07 Å². The molecule has 3 rings (SSSR count). The van der Waals surface area contributed by atoms with E-state index in [0.29, 0.717) is 29.6 Å². The van der Waals surface area contributed by atoms with Crippen LogP contribution in [0.2, 0.25) is 0 Å². The van der Waals surface area contributed by atoms with Crippen LogP contribution in [0.3, 0.4) is 0 Å². The molecule has 2 aromatic rings. The Morgan fingerprint density at radius 1 is 1.38 bits per heavy atom. The molecule has 1 saturated heterocycles. The first-order valence-corrected chi connectivity index (χ1v) is 8.94. The lowest BCUT2D eigenvalue weighted by atomic mass is 9.99. The molecule has 0 aliphatic carbocycles. The van der Waals surface area contributed by atoms with Crippen LogP contribution in [0.25, 0.3) is 0 Å². The molecule has 0 bridgehead atoms. The zero-order valence-electron chi connectivity index (χ0n) is 13.7. The van der Waals surface area contributed by atoms with Crippen molar-refractivity contribution in [1.29, 1.82) is 0 Å². The van der Waals surface area contributed by atoms with Gasteiger partial charge >= 0.3 is 0 Å². The molecule has 1 atom stereocenters. The van der Waals surface area contributed by atoms with E-state index in [1.54, 1.807) is 13.2 Å². The molecule has 128 valence electrons. The molecule has 1 fully saturated rings. The van der Waals surface area contributed by atoms with Gasteiger partial charge in [-0.25, -0.2) is 0 Å². The fraction of sp³-hybridized carbons (Fsp3) is 0.389. The Kier molecular flexibility index (Phi) is 5.25. The van der Waals surface area contributed by atoms with E-state index in [-0.39, 0.29) is 5.91 Å². The Morgan fingerprint density at radius 2 is 2.21 bits per heavy atom. The largest absolute Gasteiger partial charge is 0.497 e. The van der Waals surface area contributed by atoms with Crippen LogP contribution in [-0.2, 0) is 0 Å². The highest BCUT2D eigenvalue weighted by Gasteiger charge is 2.26. The van der Waals surface area contributed by atoms with Gasteiger partial charge in [-0.2, -0.15) is 0 Å². The van der Waals surface area contributed by atoms with E-state index in [4.69, 9.17) is 15.2 Å². The van der Waals surface area contributed by atoms with Gasteiger partial charge in [-0.15, -0.1) is 11.3 Å². The summed E-state index contributed by atoms with van der Waals surface area (Å²) in [4.78, 5) is 15.1. The first-order valence-electron chi connectivity index (χ1n) is 8.06. The number of hydrogen-bond acceptors (Lipinski definition) is 5. The topological polar surface area (TPSA) is 64.8 Å². The molecule has 5 nitrogen and oxygen atoms in total. The summed E-state index contributed by atoms with van der Waals surface area (Å²) >= 11 is 1.41. The monoisotopic (exact) mass is 346 g/mol. The molecule has 2 heterocycles. The molecule has 0 radical (unpaired) electrons. The lowest BCUT2D eigenvalue weighted by Crippen LogP contribution is -2.41. The number of amides is 1. The van der Waals surface area contributed by atoms with E-state index in [0.717, 1.165) is 30.9 Å². The molecule has 1 aromatic carbocycles. The van der Waals surface area contributed by atoms with E-state index >= 15 is 0 Å². The summed E-state index contributed by atoms with van der Waals surface area (Å²) in [5, 5.41) is 1.86. The minimum atomic E-state index is 0.0357. The van der Waals surface area contributed by atoms with Crippen molar-refractivity contribution in [3.05, 3.63) is 40.6 Å².